The zero-order chi connectivity index (χ0) is 17.8. The second-order valence-corrected chi connectivity index (χ2v) is 7.78. The van der Waals surface area contributed by atoms with Crippen molar-refractivity contribution in [2.75, 3.05) is 38.2 Å². The van der Waals surface area contributed by atoms with E-state index in [2.05, 4.69) is 73.0 Å². The van der Waals surface area contributed by atoms with Gasteiger partial charge in [0.2, 0.25) is 0 Å². The molecule has 2 aromatic carbocycles. The molecule has 0 N–H and O–H groups in total. The lowest BCUT2D eigenvalue weighted by atomic mass is 10.2. The van der Waals surface area contributed by atoms with Gasteiger partial charge in [0.05, 0.1) is 5.69 Å². The van der Waals surface area contributed by atoms with Crippen LogP contribution in [0.3, 0.4) is 0 Å². The molecule has 4 heteroatoms. The fraction of sp³-hybridized carbons (Fsp3) is 0.429. The second kappa shape index (κ2) is 8.26. The summed E-state index contributed by atoms with van der Waals surface area (Å²) in [5.41, 5.74) is 4.01. The van der Waals surface area contributed by atoms with Gasteiger partial charge in [-0.15, -0.1) is 0 Å². The highest BCUT2D eigenvalue weighted by atomic mass is 32.2. The molecule has 1 saturated heterocycles. The topological polar surface area (TPSA) is 15.7 Å². The number of nitrogens with zero attached hydrogens (tertiary/aromatic N) is 2. The molecule has 1 aliphatic rings. The summed E-state index contributed by atoms with van der Waals surface area (Å²) < 4.78 is 5.46. The minimum atomic E-state index is 0.196. The molecule has 1 heterocycles. The summed E-state index contributed by atoms with van der Waals surface area (Å²) in [6.45, 7) is 10.6. The number of hydrogen-bond donors (Lipinski definition) is 0. The van der Waals surface area contributed by atoms with E-state index in [1.54, 1.807) is 7.11 Å². The zero-order valence-electron chi connectivity index (χ0n) is 15.7. The van der Waals surface area contributed by atoms with Gasteiger partial charge in [0, 0.05) is 43.1 Å². The van der Waals surface area contributed by atoms with Crippen LogP contribution in [0.25, 0.3) is 0 Å². The summed E-state index contributed by atoms with van der Waals surface area (Å²) >= 11 is 1.87. The van der Waals surface area contributed by atoms with Crippen LogP contribution in [0.5, 0.6) is 0 Å². The van der Waals surface area contributed by atoms with Crippen molar-refractivity contribution in [2.45, 2.75) is 36.8 Å². The quantitative estimate of drug-likeness (QED) is 0.779. The summed E-state index contributed by atoms with van der Waals surface area (Å²) in [6, 6.07) is 15.5. The average molecular weight is 357 g/mol. The molecule has 3 rings (SSSR count). The van der Waals surface area contributed by atoms with Crippen LogP contribution in [0.15, 0.2) is 52.3 Å². The minimum Gasteiger partial charge on any atom is -0.368 e. The van der Waals surface area contributed by atoms with E-state index in [1.807, 2.05) is 11.8 Å². The molecule has 1 atom stereocenters. The molecule has 0 aromatic heterocycles. The molecule has 25 heavy (non-hydrogen) atoms. The Morgan fingerprint density at radius 1 is 0.960 bits per heavy atom. The highest BCUT2D eigenvalue weighted by Gasteiger charge is 2.22. The van der Waals surface area contributed by atoms with Crippen molar-refractivity contribution in [3.05, 3.63) is 53.6 Å². The van der Waals surface area contributed by atoms with Crippen molar-refractivity contribution >= 4 is 17.4 Å². The van der Waals surface area contributed by atoms with E-state index in [9.17, 15) is 0 Å². The van der Waals surface area contributed by atoms with Gasteiger partial charge in [-0.1, -0.05) is 41.6 Å². The Morgan fingerprint density at radius 2 is 1.68 bits per heavy atom. The molecule has 0 aliphatic carbocycles. The van der Waals surface area contributed by atoms with Crippen LogP contribution in [-0.4, -0.2) is 44.4 Å². The summed E-state index contributed by atoms with van der Waals surface area (Å²) in [7, 11) is 1.78. The number of hydrogen-bond acceptors (Lipinski definition) is 4. The lowest BCUT2D eigenvalue weighted by Gasteiger charge is -2.39. The number of benzene rings is 2. The highest BCUT2D eigenvalue weighted by molar-refractivity contribution is 7.99. The van der Waals surface area contributed by atoms with Gasteiger partial charge >= 0.3 is 0 Å². The standard InChI is InChI=1S/C21H28N2OS/c1-16-9-10-20(17(2)15-16)25-21-8-6-5-7-19(21)23-13-11-22(12-14-23)18(3)24-4/h5-10,15,18H,11-14H2,1-4H3/t18-/m1/s1. The summed E-state index contributed by atoms with van der Waals surface area (Å²) in [5.74, 6) is 0. The third kappa shape index (κ3) is 4.38. The molecule has 0 saturated carbocycles. The molecule has 0 spiro atoms. The average Bonchev–Trinajstić information content (AvgIpc) is 2.64. The fourth-order valence-corrected chi connectivity index (χ4v) is 4.35. The van der Waals surface area contributed by atoms with E-state index < -0.39 is 0 Å². The van der Waals surface area contributed by atoms with Gasteiger partial charge in [0.15, 0.2) is 0 Å². The van der Waals surface area contributed by atoms with Crippen molar-refractivity contribution < 1.29 is 4.74 Å². The van der Waals surface area contributed by atoms with Gasteiger partial charge < -0.3 is 9.64 Å². The number of rotatable bonds is 5. The van der Waals surface area contributed by atoms with Crippen molar-refractivity contribution in [1.82, 2.24) is 4.90 Å². The zero-order valence-corrected chi connectivity index (χ0v) is 16.5. The molecule has 1 aliphatic heterocycles. The van der Waals surface area contributed by atoms with E-state index >= 15 is 0 Å². The lowest BCUT2D eigenvalue weighted by molar-refractivity contribution is -0.0213. The van der Waals surface area contributed by atoms with Crippen LogP contribution in [0.4, 0.5) is 5.69 Å². The third-order valence-electron chi connectivity index (χ3n) is 4.93. The molecule has 3 nitrogen and oxygen atoms in total. The normalized spacial score (nSPS) is 16.9. The number of methoxy groups -OCH3 is 1. The summed E-state index contributed by atoms with van der Waals surface area (Å²) in [6.07, 6.45) is 0.196. The Morgan fingerprint density at radius 3 is 2.36 bits per heavy atom. The Hall–Kier alpha value is -1.49. The predicted molar refractivity (Wildman–Crippen MR) is 107 cm³/mol. The maximum Gasteiger partial charge on any atom is 0.107 e. The Labute approximate surface area is 156 Å². The molecule has 0 radical (unpaired) electrons. The van der Waals surface area contributed by atoms with Crippen molar-refractivity contribution in [3.63, 3.8) is 0 Å². The maximum atomic E-state index is 5.46. The second-order valence-electron chi connectivity index (χ2n) is 6.70. The first kappa shape index (κ1) is 18.3. The van der Waals surface area contributed by atoms with Gasteiger partial charge in [-0.3, -0.25) is 4.90 Å². The monoisotopic (exact) mass is 356 g/mol. The van der Waals surface area contributed by atoms with E-state index in [0.29, 0.717) is 0 Å². The largest absolute Gasteiger partial charge is 0.368 e. The number of piperazine rings is 1. The molecule has 134 valence electrons. The molecule has 1 fully saturated rings. The van der Waals surface area contributed by atoms with Crippen molar-refractivity contribution in [2.24, 2.45) is 0 Å². The fourth-order valence-electron chi connectivity index (χ4n) is 3.31. The molecular formula is C21H28N2OS. The van der Waals surface area contributed by atoms with Gasteiger partial charge in [-0.05, 0) is 44.5 Å². The predicted octanol–water partition coefficient (Wildman–Crippen LogP) is 4.57. The molecule has 0 amide bonds. The summed E-state index contributed by atoms with van der Waals surface area (Å²) in [4.78, 5) is 7.58. The van der Waals surface area contributed by atoms with Crippen LogP contribution in [-0.2, 0) is 4.74 Å². The smallest absolute Gasteiger partial charge is 0.107 e. The van der Waals surface area contributed by atoms with Crippen LogP contribution < -0.4 is 4.90 Å². The Bertz CT molecular complexity index is 711. The highest BCUT2D eigenvalue weighted by Crippen LogP contribution is 2.37. The first-order valence-electron chi connectivity index (χ1n) is 8.94. The van der Waals surface area contributed by atoms with Gasteiger partial charge in [-0.25, -0.2) is 0 Å². The van der Waals surface area contributed by atoms with E-state index in [-0.39, 0.29) is 6.23 Å². The lowest BCUT2D eigenvalue weighted by Crippen LogP contribution is -2.50. The summed E-state index contributed by atoms with van der Waals surface area (Å²) in [5, 5.41) is 0. The number of ether oxygens (including phenoxy) is 1. The SMILES string of the molecule is CO[C@H](C)N1CCN(c2ccccc2Sc2ccc(C)cc2C)CC1. The van der Waals surface area contributed by atoms with Crippen LogP contribution in [0.2, 0.25) is 0 Å². The van der Waals surface area contributed by atoms with Gasteiger partial charge in [-0.2, -0.15) is 0 Å². The molecule has 2 aromatic rings. The molecule has 0 unspecified atom stereocenters. The first-order valence-corrected chi connectivity index (χ1v) is 9.76. The maximum absolute atomic E-state index is 5.46. The Balaban J connectivity index is 1.75. The number of anilines is 1. The minimum absolute atomic E-state index is 0.196. The number of aryl methyl sites for hydroxylation is 2. The van der Waals surface area contributed by atoms with E-state index in [0.717, 1.165) is 26.2 Å². The van der Waals surface area contributed by atoms with Crippen molar-refractivity contribution in [3.8, 4) is 0 Å². The van der Waals surface area contributed by atoms with E-state index in [4.69, 9.17) is 4.74 Å². The first-order chi connectivity index (χ1) is 12.1. The third-order valence-corrected chi connectivity index (χ3v) is 6.17. The number of para-hydroxylation sites is 1. The van der Waals surface area contributed by atoms with Crippen LogP contribution >= 0.6 is 11.8 Å². The van der Waals surface area contributed by atoms with Gasteiger partial charge in [0.1, 0.15) is 6.23 Å². The molecule has 0 bridgehead atoms. The van der Waals surface area contributed by atoms with E-state index in [1.165, 1.54) is 26.6 Å². The van der Waals surface area contributed by atoms with Gasteiger partial charge in [0.25, 0.3) is 0 Å². The Kier molecular flexibility index (Phi) is 6.05. The van der Waals surface area contributed by atoms with Crippen LogP contribution in [0, 0.1) is 13.8 Å². The van der Waals surface area contributed by atoms with Crippen molar-refractivity contribution in [1.29, 1.82) is 0 Å². The molecular weight excluding hydrogens is 328 g/mol. The van der Waals surface area contributed by atoms with Crippen LogP contribution in [0.1, 0.15) is 18.1 Å².